The zero-order chi connectivity index (χ0) is 13.7. The zero-order valence-corrected chi connectivity index (χ0v) is 12.8. The van der Waals surface area contributed by atoms with E-state index in [4.69, 9.17) is 4.52 Å². The summed E-state index contributed by atoms with van der Waals surface area (Å²) in [6.07, 6.45) is 1.78. The van der Waals surface area contributed by atoms with Gasteiger partial charge in [0.05, 0.1) is 0 Å². The fourth-order valence-corrected chi connectivity index (χ4v) is 2.18. The van der Waals surface area contributed by atoms with E-state index in [-0.39, 0.29) is 0 Å². The molecule has 1 atom stereocenters. The van der Waals surface area contributed by atoms with Gasteiger partial charge in [0.15, 0.2) is 5.82 Å². The van der Waals surface area contributed by atoms with Crippen molar-refractivity contribution in [1.29, 1.82) is 0 Å². The molecule has 0 spiro atoms. The van der Waals surface area contributed by atoms with Crippen molar-refractivity contribution in [3.05, 3.63) is 46.0 Å². The molecular weight excluding hydrogens is 306 g/mol. The Morgan fingerprint density at radius 3 is 2.68 bits per heavy atom. The molecule has 0 aliphatic heterocycles. The summed E-state index contributed by atoms with van der Waals surface area (Å²) in [4.78, 5) is 4.18. The fraction of sp³-hybridized carbons (Fsp3) is 0.429. The quantitative estimate of drug-likeness (QED) is 0.888. The van der Waals surface area contributed by atoms with Crippen molar-refractivity contribution in [2.75, 3.05) is 6.54 Å². The minimum Gasteiger partial charge on any atom is -0.339 e. The van der Waals surface area contributed by atoms with E-state index in [1.807, 2.05) is 6.92 Å². The van der Waals surface area contributed by atoms with Crippen molar-refractivity contribution in [3.8, 4) is 0 Å². The molecule has 0 aliphatic rings. The Bertz CT molecular complexity index is 510. The van der Waals surface area contributed by atoms with Crippen LogP contribution in [0.3, 0.4) is 0 Å². The lowest BCUT2D eigenvalue weighted by molar-refractivity contribution is 0.369. The van der Waals surface area contributed by atoms with Gasteiger partial charge in [0.2, 0.25) is 5.89 Å². The average molecular weight is 324 g/mol. The third-order valence-electron chi connectivity index (χ3n) is 2.86. The Labute approximate surface area is 121 Å². The summed E-state index contributed by atoms with van der Waals surface area (Å²) >= 11 is 3.44. The standard InChI is InChI=1S/C14H18BrN3O/c1-10(9-12-3-5-13(15)6-4-12)16-8-7-14-17-11(2)18-19-14/h3-6,10,16H,7-9H2,1-2H3. The SMILES string of the molecule is Cc1noc(CCNC(C)Cc2ccc(Br)cc2)n1. The minimum absolute atomic E-state index is 0.421. The largest absolute Gasteiger partial charge is 0.339 e. The molecule has 4 nitrogen and oxygen atoms in total. The van der Waals surface area contributed by atoms with E-state index in [1.54, 1.807) is 0 Å². The van der Waals surface area contributed by atoms with E-state index in [1.165, 1.54) is 5.56 Å². The van der Waals surface area contributed by atoms with Gasteiger partial charge in [-0.15, -0.1) is 0 Å². The van der Waals surface area contributed by atoms with Crippen LogP contribution >= 0.6 is 15.9 Å². The molecule has 1 aromatic heterocycles. The number of hydrogen-bond donors (Lipinski definition) is 1. The van der Waals surface area contributed by atoms with Crippen molar-refractivity contribution < 1.29 is 4.52 Å². The number of nitrogens with zero attached hydrogens (tertiary/aromatic N) is 2. The first kappa shape index (κ1) is 14.2. The Morgan fingerprint density at radius 1 is 1.32 bits per heavy atom. The van der Waals surface area contributed by atoms with Crippen LogP contribution in [0.2, 0.25) is 0 Å². The van der Waals surface area contributed by atoms with E-state index >= 15 is 0 Å². The first-order valence-corrected chi connectivity index (χ1v) is 7.20. The molecule has 0 saturated carbocycles. The minimum atomic E-state index is 0.421. The molecule has 1 unspecified atom stereocenters. The van der Waals surface area contributed by atoms with Crippen molar-refractivity contribution >= 4 is 15.9 Å². The van der Waals surface area contributed by atoms with Gasteiger partial charge in [-0.05, 0) is 38.0 Å². The summed E-state index contributed by atoms with van der Waals surface area (Å²) in [7, 11) is 0. The Balaban J connectivity index is 1.72. The topological polar surface area (TPSA) is 51.0 Å². The van der Waals surface area contributed by atoms with Gasteiger partial charge in [0.25, 0.3) is 0 Å². The summed E-state index contributed by atoms with van der Waals surface area (Å²) in [6.45, 7) is 4.86. The normalized spacial score (nSPS) is 12.6. The summed E-state index contributed by atoms with van der Waals surface area (Å²) in [5.41, 5.74) is 1.33. The molecule has 2 rings (SSSR count). The third kappa shape index (κ3) is 4.76. The second-order valence-electron chi connectivity index (χ2n) is 4.67. The summed E-state index contributed by atoms with van der Waals surface area (Å²) < 4.78 is 6.19. The molecule has 2 aromatic rings. The highest BCUT2D eigenvalue weighted by Gasteiger charge is 2.05. The van der Waals surface area contributed by atoms with Crippen molar-refractivity contribution in [3.63, 3.8) is 0 Å². The van der Waals surface area contributed by atoms with Gasteiger partial charge in [0.1, 0.15) is 0 Å². The maximum atomic E-state index is 5.07. The Hall–Kier alpha value is -1.20. The highest BCUT2D eigenvalue weighted by molar-refractivity contribution is 9.10. The van der Waals surface area contributed by atoms with Crippen LogP contribution in [-0.2, 0) is 12.8 Å². The smallest absolute Gasteiger partial charge is 0.227 e. The maximum absolute atomic E-state index is 5.07. The number of nitrogens with one attached hydrogen (secondary N) is 1. The highest BCUT2D eigenvalue weighted by atomic mass is 79.9. The van der Waals surface area contributed by atoms with Gasteiger partial charge in [-0.3, -0.25) is 0 Å². The van der Waals surface area contributed by atoms with Crippen LogP contribution in [0, 0.1) is 6.92 Å². The van der Waals surface area contributed by atoms with Crippen LogP contribution in [0.1, 0.15) is 24.2 Å². The van der Waals surface area contributed by atoms with E-state index < -0.39 is 0 Å². The first-order valence-electron chi connectivity index (χ1n) is 6.40. The Morgan fingerprint density at radius 2 is 2.05 bits per heavy atom. The molecule has 0 amide bonds. The van der Waals surface area contributed by atoms with Crippen LogP contribution < -0.4 is 5.32 Å². The number of hydrogen-bond acceptors (Lipinski definition) is 4. The van der Waals surface area contributed by atoms with Crippen molar-refractivity contribution in [1.82, 2.24) is 15.5 Å². The average Bonchev–Trinajstić information content (AvgIpc) is 2.78. The molecule has 5 heteroatoms. The molecule has 0 aliphatic carbocycles. The van der Waals surface area contributed by atoms with Crippen LogP contribution in [0.4, 0.5) is 0 Å². The second kappa shape index (κ2) is 6.82. The lowest BCUT2D eigenvalue weighted by atomic mass is 10.1. The lowest BCUT2D eigenvalue weighted by Crippen LogP contribution is -2.30. The van der Waals surface area contributed by atoms with E-state index in [0.29, 0.717) is 17.8 Å². The first-order chi connectivity index (χ1) is 9.13. The van der Waals surface area contributed by atoms with E-state index in [2.05, 4.69) is 62.6 Å². The third-order valence-corrected chi connectivity index (χ3v) is 3.39. The molecular formula is C14H18BrN3O. The summed E-state index contributed by atoms with van der Waals surface area (Å²) in [6, 6.07) is 8.85. The molecule has 1 heterocycles. The van der Waals surface area contributed by atoms with Gasteiger partial charge >= 0.3 is 0 Å². The zero-order valence-electron chi connectivity index (χ0n) is 11.2. The van der Waals surface area contributed by atoms with Gasteiger partial charge in [-0.1, -0.05) is 33.2 Å². The van der Waals surface area contributed by atoms with Crippen molar-refractivity contribution in [2.24, 2.45) is 0 Å². The lowest BCUT2D eigenvalue weighted by Gasteiger charge is -2.13. The summed E-state index contributed by atoms with van der Waals surface area (Å²) in [5, 5.41) is 7.24. The van der Waals surface area contributed by atoms with Crippen LogP contribution in [0.25, 0.3) is 0 Å². The van der Waals surface area contributed by atoms with Gasteiger partial charge in [-0.25, -0.2) is 0 Å². The monoisotopic (exact) mass is 323 g/mol. The molecule has 0 fully saturated rings. The van der Waals surface area contributed by atoms with Crippen molar-refractivity contribution in [2.45, 2.75) is 32.7 Å². The molecule has 1 N–H and O–H groups in total. The molecule has 0 bridgehead atoms. The van der Waals surface area contributed by atoms with Crippen LogP contribution in [0.5, 0.6) is 0 Å². The fourth-order valence-electron chi connectivity index (χ4n) is 1.91. The Kier molecular flexibility index (Phi) is 5.10. The predicted molar refractivity (Wildman–Crippen MR) is 78.0 cm³/mol. The number of aryl methyl sites for hydroxylation is 1. The van der Waals surface area contributed by atoms with Crippen LogP contribution in [-0.4, -0.2) is 22.7 Å². The van der Waals surface area contributed by atoms with Gasteiger partial charge in [-0.2, -0.15) is 4.98 Å². The predicted octanol–water partition coefficient (Wildman–Crippen LogP) is 2.90. The highest BCUT2D eigenvalue weighted by Crippen LogP contribution is 2.11. The van der Waals surface area contributed by atoms with Crippen LogP contribution in [0.15, 0.2) is 33.3 Å². The molecule has 19 heavy (non-hydrogen) atoms. The molecule has 0 saturated heterocycles. The second-order valence-corrected chi connectivity index (χ2v) is 5.59. The maximum Gasteiger partial charge on any atom is 0.227 e. The van der Waals surface area contributed by atoms with Gasteiger partial charge < -0.3 is 9.84 Å². The number of benzene rings is 1. The molecule has 102 valence electrons. The molecule has 1 aromatic carbocycles. The number of rotatable bonds is 6. The van der Waals surface area contributed by atoms with E-state index in [9.17, 15) is 0 Å². The summed E-state index contributed by atoms with van der Waals surface area (Å²) in [5.74, 6) is 1.39. The van der Waals surface area contributed by atoms with E-state index in [0.717, 1.165) is 23.9 Å². The number of aromatic nitrogens is 2. The molecule has 0 radical (unpaired) electrons. The number of halogens is 1. The van der Waals surface area contributed by atoms with Gasteiger partial charge in [0, 0.05) is 23.5 Å².